The van der Waals surface area contributed by atoms with Crippen LogP contribution in [0.1, 0.15) is 25.3 Å². The molecule has 0 fully saturated rings. The number of benzene rings is 2. The average molecular weight is 287 g/mol. The molecule has 0 saturated carbocycles. The van der Waals surface area contributed by atoms with Crippen LogP contribution in [0.5, 0.6) is 0 Å². The number of aromatic nitrogens is 2. The Bertz CT molecular complexity index is 838. The zero-order valence-corrected chi connectivity index (χ0v) is 12.7. The van der Waals surface area contributed by atoms with E-state index in [1.54, 1.807) is 6.20 Å². The largest absolute Gasteiger partial charge is 0.300 e. The predicted molar refractivity (Wildman–Crippen MR) is 89.4 cm³/mol. The van der Waals surface area contributed by atoms with Gasteiger partial charge >= 0.3 is 0 Å². The van der Waals surface area contributed by atoms with E-state index in [9.17, 15) is 0 Å². The lowest BCUT2D eigenvalue weighted by molar-refractivity contribution is 0.847. The summed E-state index contributed by atoms with van der Waals surface area (Å²) in [5, 5.41) is 0. The first-order valence-electron chi connectivity index (χ1n) is 7.31. The third kappa shape index (κ3) is 2.51. The fourth-order valence-electron chi connectivity index (χ4n) is 2.62. The van der Waals surface area contributed by atoms with E-state index >= 15 is 0 Å². The number of nitrogens with zero attached hydrogens (tertiary/aromatic N) is 3. The Hall–Kier alpha value is -2.86. The molecule has 0 N–H and O–H groups in total. The van der Waals surface area contributed by atoms with Gasteiger partial charge in [0.2, 0.25) is 0 Å². The minimum Gasteiger partial charge on any atom is -0.300 e. The summed E-state index contributed by atoms with van der Waals surface area (Å²) in [6.45, 7) is 11.6. The van der Waals surface area contributed by atoms with Crippen molar-refractivity contribution in [1.82, 2.24) is 9.55 Å². The molecule has 0 aliphatic carbocycles. The molecule has 0 spiro atoms. The minimum absolute atomic E-state index is 0.432. The van der Waals surface area contributed by atoms with Crippen molar-refractivity contribution in [3.8, 4) is 17.1 Å². The number of rotatable bonds is 3. The van der Waals surface area contributed by atoms with E-state index in [0.717, 1.165) is 17.1 Å². The van der Waals surface area contributed by atoms with Crippen molar-refractivity contribution in [2.45, 2.75) is 19.8 Å². The Morgan fingerprint density at radius 2 is 1.91 bits per heavy atom. The average Bonchev–Trinajstić information content (AvgIpc) is 3.04. The molecule has 108 valence electrons. The van der Waals surface area contributed by atoms with Crippen LogP contribution in [0.3, 0.4) is 0 Å². The molecular formula is C19H17N3. The van der Waals surface area contributed by atoms with Crippen LogP contribution in [-0.4, -0.2) is 9.55 Å². The van der Waals surface area contributed by atoms with E-state index in [-0.39, 0.29) is 0 Å². The van der Waals surface area contributed by atoms with E-state index in [0.29, 0.717) is 11.6 Å². The van der Waals surface area contributed by atoms with Gasteiger partial charge < -0.3 is 0 Å². The molecule has 22 heavy (non-hydrogen) atoms. The fraction of sp³-hybridized carbons (Fsp3) is 0.158. The van der Waals surface area contributed by atoms with Crippen molar-refractivity contribution in [3.05, 3.63) is 77.9 Å². The van der Waals surface area contributed by atoms with Crippen molar-refractivity contribution < 1.29 is 0 Å². The van der Waals surface area contributed by atoms with Crippen LogP contribution in [0, 0.1) is 6.57 Å². The number of para-hydroxylation sites is 1. The van der Waals surface area contributed by atoms with Gasteiger partial charge in [0.1, 0.15) is 5.82 Å². The first-order valence-corrected chi connectivity index (χ1v) is 7.31. The molecule has 1 heterocycles. The quantitative estimate of drug-likeness (QED) is 0.606. The van der Waals surface area contributed by atoms with Gasteiger partial charge in [-0.15, -0.1) is 0 Å². The van der Waals surface area contributed by atoms with Crippen LogP contribution >= 0.6 is 0 Å². The molecule has 0 saturated heterocycles. The number of hydrogen-bond donors (Lipinski definition) is 0. The molecule has 0 bridgehead atoms. The molecular weight excluding hydrogens is 270 g/mol. The van der Waals surface area contributed by atoms with Crippen molar-refractivity contribution in [2.24, 2.45) is 0 Å². The third-order valence-electron chi connectivity index (χ3n) is 3.69. The van der Waals surface area contributed by atoms with Crippen molar-refractivity contribution in [2.75, 3.05) is 0 Å². The topological polar surface area (TPSA) is 22.2 Å². The second-order valence-electron chi connectivity index (χ2n) is 5.50. The molecule has 0 atom stereocenters. The lowest BCUT2D eigenvalue weighted by Crippen LogP contribution is -2.02. The minimum atomic E-state index is 0.432. The molecule has 2 aromatic carbocycles. The zero-order chi connectivity index (χ0) is 15.5. The van der Waals surface area contributed by atoms with Crippen LogP contribution < -0.4 is 0 Å². The Morgan fingerprint density at radius 1 is 1.09 bits per heavy atom. The summed E-state index contributed by atoms with van der Waals surface area (Å²) in [5.41, 5.74) is 4.00. The van der Waals surface area contributed by atoms with Gasteiger partial charge in [-0.2, -0.15) is 0 Å². The lowest BCUT2D eigenvalue weighted by atomic mass is 10.0. The molecule has 0 aliphatic rings. The fourth-order valence-corrected chi connectivity index (χ4v) is 2.62. The normalized spacial score (nSPS) is 10.6. The Balaban J connectivity index is 2.16. The number of imidazole rings is 1. The summed E-state index contributed by atoms with van der Waals surface area (Å²) in [7, 11) is 0. The van der Waals surface area contributed by atoms with Gasteiger partial charge in [-0.1, -0.05) is 50.2 Å². The third-order valence-corrected chi connectivity index (χ3v) is 3.69. The Labute approximate surface area is 130 Å². The molecule has 0 amide bonds. The van der Waals surface area contributed by atoms with E-state index < -0.39 is 0 Å². The van der Waals surface area contributed by atoms with Crippen LogP contribution in [0.15, 0.2) is 60.9 Å². The van der Waals surface area contributed by atoms with E-state index in [4.69, 9.17) is 6.57 Å². The second kappa shape index (κ2) is 5.87. The first-order chi connectivity index (χ1) is 10.7. The van der Waals surface area contributed by atoms with Crippen LogP contribution in [0.2, 0.25) is 0 Å². The predicted octanol–water partition coefficient (Wildman–Crippen LogP) is 5.21. The smallest absolute Gasteiger partial charge is 0.187 e. The van der Waals surface area contributed by atoms with Gasteiger partial charge in [-0.3, -0.25) is 4.57 Å². The van der Waals surface area contributed by atoms with Gasteiger partial charge in [0, 0.05) is 18.0 Å². The van der Waals surface area contributed by atoms with Crippen LogP contribution in [0.25, 0.3) is 21.9 Å². The summed E-state index contributed by atoms with van der Waals surface area (Å²) in [5.74, 6) is 1.29. The number of hydrogen-bond acceptors (Lipinski definition) is 1. The van der Waals surface area contributed by atoms with Gasteiger partial charge in [0.05, 0.1) is 12.3 Å². The molecule has 0 unspecified atom stereocenters. The van der Waals surface area contributed by atoms with Crippen molar-refractivity contribution in [3.63, 3.8) is 0 Å². The summed E-state index contributed by atoms with van der Waals surface area (Å²) >= 11 is 0. The van der Waals surface area contributed by atoms with Gasteiger partial charge in [0.25, 0.3) is 0 Å². The van der Waals surface area contributed by atoms with Gasteiger partial charge in [-0.25, -0.2) is 9.83 Å². The van der Waals surface area contributed by atoms with E-state index in [2.05, 4.69) is 46.4 Å². The van der Waals surface area contributed by atoms with Crippen molar-refractivity contribution >= 4 is 5.69 Å². The maximum Gasteiger partial charge on any atom is 0.187 e. The van der Waals surface area contributed by atoms with Gasteiger partial charge in [0.15, 0.2) is 5.69 Å². The van der Waals surface area contributed by atoms with Crippen LogP contribution in [0.4, 0.5) is 5.69 Å². The maximum atomic E-state index is 7.17. The Morgan fingerprint density at radius 3 is 2.68 bits per heavy atom. The summed E-state index contributed by atoms with van der Waals surface area (Å²) in [6, 6.07) is 15.9. The van der Waals surface area contributed by atoms with Crippen LogP contribution in [-0.2, 0) is 0 Å². The first kappa shape index (κ1) is 14.1. The molecule has 3 rings (SSSR count). The highest BCUT2D eigenvalue weighted by Gasteiger charge is 2.12. The Kier molecular flexibility index (Phi) is 3.76. The van der Waals surface area contributed by atoms with Crippen molar-refractivity contribution in [1.29, 1.82) is 0 Å². The lowest BCUT2D eigenvalue weighted by Gasteiger charge is -2.15. The molecule has 3 heteroatoms. The maximum absolute atomic E-state index is 7.17. The van der Waals surface area contributed by atoms with E-state index in [1.807, 2.05) is 36.5 Å². The zero-order valence-electron chi connectivity index (χ0n) is 12.7. The summed E-state index contributed by atoms with van der Waals surface area (Å²) in [6.07, 6.45) is 3.78. The second-order valence-corrected chi connectivity index (χ2v) is 5.50. The summed E-state index contributed by atoms with van der Waals surface area (Å²) in [4.78, 5) is 8.00. The molecule has 0 radical (unpaired) electrons. The highest BCUT2D eigenvalue weighted by atomic mass is 15.1. The monoisotopic (exact) mass is 287 g/mol. The molecule has 3 nitrogen and oxygen atoms in total. The highest BCUT2D eigenvalue weighted by Crippen LogP contribution is 2.29. The SMILES string of the molecule is [C-]#[N+]c1cccc(-c2nccn2-c2ccccc2C(C)C)c1. The molecule has 0 aliphatic heterocycles. The van der Waals surface area contributed by atoms with E-state index in [1.165, 1.54) is 5.56 Å². The standard InChI is InChI=1S/C19H17N3/c1-14(2)17-9-4-5-10-18(17)22-12-11-21-19(22)15-7-6-8-16(13-15)20-3/h4-14H,1-2H3. The summed E-state index contributed by atoms with van der Waals surface area (Å²) < 4.78 is 2.10. The molecule has 1 aromatic heterocycles. The molecule has 3 aromatic rings. The van der Waals surface area contributed by atoms with Gasteiger partial charge in [-0.05, 0) is 23.6 Å². The highest BCUT2D eigenvalue weighted by molar-refractivity contribution is 5.65.